The third kappa shape index (κ3) is 5.32. The molecule has 0 saturated carbocycles. The lowest BCUT2D eigenvalue weighted by Gasteiger charge is -2.24. The van der Waals surface area contributed by atoms with E-state index in [9.17, 15) is 9.59 Å². The zero-order chi connectivity index (χ0) is 22.0. The molecule has 1 aromatic carbocycles. The van der Waals surface area contributed by atoms with E-state index >= 15 is 0 Å². The number of nitrogens with one attached hydrogen (secondary N) is 1. The van der Waals surface area contributed by atoms with E-state index < -0.39 is 5.60 Å². The van der Waals surface area contributed by atoms with Gasteiger partial charge in [0, 0.05) is 16.0 Å². The highest BCUT2D eigenvalue weighted by atomic mass is 32.1. The minimum absolute atomic E-state index is 0.150. The van der Waals surface area contributed by atoms with E-state index in [2.05, 4.69) is 16.5 Å². The van der Waals surface area contributed by atoms with Crippen LogP contribution in [0, 0.1) is 0 Å². The molecule has 162 valence electrons. The van der Waals surface area contributed by atoms with Crippen molar-refractivity contribution in [3.63, 3.8) is 0 Å². The molecule has 0 spiro atoms. The number of thiophene rings is 1. The van der Waals surface area contributed by atoms with Crippen molar-refractivity contribution in [1.29, 1.82) is 0 Å². The van der Waals surface area contributed by atoms with Gasteiger partial charge in [0.25, 0.3) is 5.91 Å². The summed E-state index contributed by atoms with van der Waals surface area (Å²) in [6.45, 7) is 7.76. The first kappa shape index (κ1) is 21.1. The number of amides is 2. The molecule has 3 heterocycles. The van der Waals surface area contributed by atoms with Gasteiger partial charge in [0.2, 0.25) is 0 Å². The topological polar surface area (TPSA) is 76.5 Å². The van der Waals surface area contributed by atoms with Gasteiger partial charge in [-0.1, -0.05) is 30.3 Å². The molecule has 0 unspecified atom stereocenters. The molecule has 8 heteroatoms. The number of carbonyl (C=O) groups excluding carboxylic acids is 2. The Kier molecular flexibility index (Phi) is 5.82. The van der Waals surface area contributed by atoms with Crippen molar-refractivity contribution in [3.8, 4) is 0 Å². The monoisotopic (exact) mass is 438 g/mol. The van der Waals surface area contributed by atoms with Crippen molar-refractivity contribution in [2.24, 2.45) is 0 Å². The summed E-state index contributed by atoms with van der Waals surface area (Å²) in [5.74, 6) is -0.150. The molecule has 7 nitrogen and oxygen atoms in total. The number of aromatic nitrogens is 2. The van der Waals surface area contributed by atoms with Gasteiger partial charge in [-0.25, -0.2) is 4.79 Å². The normalized spacial score (nSPS) is 13.2. The van der Waals surface area contributed by atoms with Gasteiger partial charge in [0.15, 0.2) is 0 Å². The predicted octanol–water partition coefficient (Wildman–Crippen LogP) is 4.17. The third-order valence-electron chi connectivity index (χ3n) is 4.80. The zero-order valence-electron chi connectivity index (χ0n) is 17.9. The number of rotatable bonds is 5. The molecule has 0 fully saturated rings. The quantitative estimate of drug-likeness (QED) is 0.649. The zero-order valence-corrected chi connectivity index (χ0v) is 18.7. The van der Waals surface area contributed by atoms with E-state index in [1.165, 1.54) is 0 Å². The van der Waals surface area contributed by atoms with Gasteiger partial charge < -0.3 is 10.1 Å². The average molecular weight is 439 g/mol. The summed E-state index contributed by atoms with van der Waals surface area (Å²) in [4.78, 5) is 28.7. The molecular formula is C23H26N4O3S. The molecule has 0 aliphatic carbocycles. The van der Waals surface area contributed by atoms with Gasteiger partial charge in [0.05, 0.1) is 37.9 Å². The Hall–Kier alpha value is -3.13. The second-order valence-corrected chi connectivity index (χ2v) is 9.81. The molecule has 1 aliphatic rings. The van der Waals surface area contributed by atoms with Crippen molar-refractivity contribution in [3.05, 3.63) is 75.2 Å². The summed E-state index contributed by atoms with van der Waals surface area (Å²) >= 11 is 1.62. The van der Waals surface area contributed by atoms with E-state index in [4.69, 9.17) is 4.74 Å². The van der Waals surface area contributed by atoms with Gasteiger partial charge >= 0.3 is 6.09 Å². The summed E-state index contributed by atoms with van der Waals surface area (Å²) in [7, 11) is 0. The van der Waals surface area contributed by atoms with Gasteiger partial charge in [-0.3, -0.25) is 14.4 Å². The summed E-state index contributed by atoms with van der Waals surface area (Å²) < 4.78 is 7.21. The Morgan fingerprint density at radius 2 is 1.97 bits per heavy atom. The standard InChI is InChI=1S/C23H26N4O3S/c1-23(2,3)30-22(29)26-13-17-9-19(31-20(17)15-26)11-24-21(28)18-10-25-27(14-18)12-16-7-5-4-6-8-16/h4-10,14H,11-13,15H2,1-3H3,(H,24,28). The smallest absolute Gasteiger partial charge is 0.410 e. The number of fused-ring (bicyclic) bond motifs is 1. The number of ether oxygens (including phenoxy) is 1. The van der Waals surface area contributed by atoms with E-state index in [0.29, 0.717) is 31.7 Å². The first-order valence-corrected chi connectivity index (χ1v) is 11.0. The minimum atomic E-state index is -0.503. The van der Waals surface area contributed by atoms with Crippen LogP contribution in [0.2, 0.25) is 0 Å². The lowest BCUT2D eigenvalue weighted by Crippen LogP contribution is -2.33. The van der Waals surface area contributed by atoms with Crippen LogP contribution in [0.15, 0.2) is 48.8 Å². The van der Waals surface area contributed by atoms with Gasteiger partial charge in [0.1, 0.15) is 5.60 Å². The maximum absolute atomic E-state index is 12.5. The molecule has 0 atom stereocenters. The Bertz CT molecular complexity index is 1060. The summed E-state index contributed by atoms with van der Waals surface area (Å²) in [5, 5.41) is 7.25. The van der Waals surface area contributed by atoms with Crippen molar-refractivity contribution < 1.29 is 14.3 Å². The van der Waals surface area contributed by atoms with Gasteiger partial charge in [-0.2, -0.15) is 5.10 Å². The first-order valence-electron chi connectivity index (χ1n) is 10.2. The minimum Gasteiger partial charge on any atom is -0.444 e. The molecule has 0 radical (unpaired) electrons. The Labute approximate surface area is 185 Å². The second kappa shape index (κ2) is 8.55. The molecule has 0 saturated heterocycles. The van der Waals surface area contributed by atoms with Crippen LogP contribution in [-0.2, 0) is 30.9 Å². The van der Waals surface area contributed by atoms with E-state index in [1.807, 2.05) is 51.1 Å². The molecule has 0 bridgehead atoms. The van der Waals surface area contributed by atoms with Crippen molar-refractivity contribution >= 4 is 23.3 Å². The fraction of sp³-hybridized carbons (Fsp3) is 0.348. The van der Waals surface area contributed by atoms with Crippen LogP contribution >= 0.6 is 11.3 Å². The second-order valence-electron chi connectivity index (χ2n) is 8.59. The number of benzene rings is 1. The van der Waals surface area contributed by atoms with Crippen LogP contribution in [0.3, 0.4) is 0 Å². The first-order chi connectivity index (χ1) is 14.8. The van der Waals surface area contributed by atoms with Gasteiger partial charge in [-0.15, -0.1) is 11.3 Å². The van der Waals surface area contributed by atoms with Crippen LogP contribution in [0.5, 0.6) is 0 Å². The fourth-order valence-corrected chi connectivity index (χ4v) is 4.52. The number of carbonyl (C=O) groups is 2. The van der Waals surface area contributed by atoms with Crippen molar-refractivity contribution in [1.82, 2.24) is 20.0 Å². The van der Waals surface area contributed by atoms with E-state index in [0.717, 1.165) is 20.9 Å². The lowest BCUT2D eigenvalue weighted by atomic mass is 10.2. The Morgan fingerprint density at radius 3 is 2.68 bits per heavy atom. The average Bonchev–Trinajstić information content (AvgIpc) is 3.40. The molecular weight excluding hydrogens is 412 g/mol. The summed E-state index contributed by atoms with van der Waals surface area (Å²) in [5.41, 5.74) is 2.29. The van der Waals surface area contributed by atoms with Crippen LogP contribution in [-0.4, -0.2) is 32.3 Å². The van der Waals surface area contributed by atoms with Crippen LogP contribution < -0.4 is 5.32 Å². The Balaban J connectivity index is 1.29. The number of nitrogens with zero attached hydrogens (tertiary/aromatic N) is 3. The number of hydrogen-bond acceptors (Lipinski definition) is 5. The van der Waals surface area contributed by atoms with E-state index in [1.54, 1.807) is 33.3 Å². The largest absolute Gasteiger partial charge is 0.444 e. The molecule has 1 aliphatic heterocycles. The SMILES string of the molecule is CC(C)(C)OC(=O)N1Cc2cc(CNC(=O)c3cnn(Cc4ccccc4)c3)sc2C1. The summed E-state index contributed by atoms with van der Waals surface area (Å²) in [6, 6.07) is 12.1. The number of hydrogen-bond donors (Lipinski definition) is 1. The highest BCUT2D eigenvalue weighted by Crippen LogP contribution is 2.32. The van der Waals surface area contributed by atoms with Gasteiger partial charge in [-0.05, 0) is 38.0 Å². The molecule has 2 amide bonds. The van der Waals surface area contributed by atoms with Crippen molar-refractivity contribution in [2.75, 3.05) is 0 Å². The Morgan fingerprint density at radius 1 is 1.19 bits per heavy atom. The third-order valence-corrected chi connectivity index (χ3v) is 5.96. The molecule has 4 rings (SSSR count). The molecule has 31 heavy (non-hydrogen) atoms. The molecule has 3 aromatic rings. The molecule has 1 N–H and O–H groups in total. The van der Waals surface area contributed by atoms with Crippen LogP contribution in [0.1, 0.15) is 52.0 Å². The fourth-order valence-electron chi connectivity index (χ4n) is 3.38. The van der Waals surface area contributed by atoms with Crippen molar-refractivity contribution in [2.45, 2.75) is 52.6 Å². The molecule has 2 aromatic heterocycles. The highest BCUT2D eigenvalue weighted by molar-refractivity contribution is 7.12. The maximum atomic E-state index is 12.5. The van der Waals surface area contributed by atoms with Crippen LogP contribution in [0.4, 0.5) is 4.79 Å². The highest BCUT2D eigenvalue weighted by Gasteiger charge is 2.29. The lowest BCUT2D eigenvalue weighted by molar-refractivity contribution is 0.0242. The maximum Gasteiger partial charge on any atom is 0.410 e. The van der Waals surface area contributed by atoms with E-state index in [-0.39, 0.29) is 12.0 Å². The van der Waals surface area contributed by atoms with Crippen LogP contribution in [0.25, 0.3) is 0 Å². The summed E-state index contributed by atoms with van der Waals surface area (Å²) in [6.07, 6.45) is 3.05. The predicted molar refractivity (Wildman–Crippen MR) is 119 cm³/mol.